The van der Waals surface area contributed by atoms with Crippen molar-refractivity contribution in [3.05, 3.63) is 66.0 Å². The molecule has 1 aromatic heterocycles. The number of pyridine rings is 1. The second-order valence-electron chi connectivity index (χ2n) is 7.68. The maximum atomic E-state index is 6.13. The summed E-state index contributed by atoms with van der Waals surface area (Å²) >= 11 is 0. The number of nitrogens with zero attached hydrogens (tertiary/aromatic N) is 4. The number of rotatable bonds is 6. The molecule has 162 valence electrons. The molecule has 2 saturated heterocycles. The molecule has 0 spiro atoms. The van der Waals surface area contributed by atoms with Crippen LogP contribution in [0.25, 0.3) is 0 Å². The van der Waals surface area contributed by atoms with Gasteiger partial charge in [-0.05, 0) is 30.5 Å². The van der Waals surface area contributed by atoms with Gasteiger partial charge in [0.05, 0.1) is 18.8 Å². The molecule has 6 nitrogen and oxygen atoms in total. The fourth-order valence-electron chi connectivity index (χ4n) is 4.21. The Kier molecular flexibility index (Phi) is 8.89. The molecule has 0 radical (unpaired) electrons. The molecule has 2 unspecified atom stereocenters. The normalized spacial score (nSPS) is 21.8. The van der Waals surface area contributed by atoms with E-state index in [1.807, 2.05) is 18.5 Å². The third kappa shape index (κ3) is 5.92. The third-order valence-electron chi connectivity index (χ3n) is 5.66. The summed E-state index contributed by atoms with van der Waals surface area (Å²) in [7, 11) is 0. The van der Waals surface area contributed by atoms with E-state index in [-0.39, 0.29) is 30.1 Å². The fraction of sp³-hybridized carbons (Fsp3) is 0.478. The molecular weight excluding hydrogens is 489 g/mol. The van der Waals surface area contributed by atoms with Crippen LogP contribution >= 0.6 is 24.0 Å². The lowest BCUT2D eigenvalue weighted by Gasteiger charge is -2.36. The number of nitrogens with one attached hydrogen (secondary N) is 1. The summed E-state index contributed by atoms with van der Waals surface area (Å²) in [6.45, 7) is 8.37. The van der Waals surface area contributed by atoms with E-state index in [9.17, 15) is 0 Å². The van der Waals surface area contributed by atoms with E-state index in [1.165, 1.54) is 11.1 Å². The highest BCUT2D eigenvalue weighted by atomic mass is 127. The van der Waals surface area contributed by atoms with E-state index in [0.29, 0.717) is 6.04 Å². The van der Waals surface area contributed by atoms with Gasteiger partial charge in [0.15, 0.2) is 5.96 Å². The Hall–Kier alpha value is -1.71. The second kappa shape index (κ2) is 11.6. The molecule has 4 rings (SSSR count). The van der Waals surface area contributed by atoms with Gasteiger partial charge in [-0.2, -0.15) is 0 Å². The van der Waals surface area contributed by atoms with E-state index in [2.05, 4.69) is 63.4 Å². The minimum absolute atomic E-state index is 0. The van der Waals surface area contributed by atoms with Gasteiger partial charge in [-0.3, -0.25) is 14.9 Å². The van der Waals surface area contributed by atoms with Crippen molar-refractivity contribution in [2.75, 3.05) is 39.3 Å². The number of aromatic nitrogens is 1. The van der Waals surface area contributed by atoms with Crippen molar-refractivity contribution in [2.45, 2.75) is 32.0 Å². The third-order valence-corrected chi connectivity index (χ3v) is 5.66. The van der Waals surface area contributed by atoms with Crippen molar-refractivity contribution < 1.29 is 4.74 Å². The standard InChI is InChI=1S/C23H31N5O.HI/c1-2-25-23(26-12-10-19-9-6-11-24-15-19)28-17-21-22(18-28)29-14-13-27(21)16-20-7-4-3-5-8-20;/h3-9,11,15,21-22H,2,10,12-14,16-18H2,1H3,(H,25,26);1H. The molecular formula is C23H32IN5O. The molecule has 7 heteroatoms. The molecule has 0 amide bonds. The van der Waals surface area contributed by atoms with Crippen LogP contribution in [0.1, 0.15) is 18.1 Å². The van der Waals surface area contributed by atoms with Gasteiger partial charge in [-0.1, -0.05) is 36.4 Å². The highest BCUT2D eigenvalue weighted by Crippen LogP contribution is 2.24. The average Bonchev–Trinajstić information content (AvgIpc) is 3.20. The lowest BCUT2D eigenvalue weighted by Crippen LogP contribution is -2.50. The van der Waals surface area contributed by atoms with Gasteiger partial charge in [0, 0.05) is 51.7 Å². The molecule has 2 fully saturated rings. The molecule has 0 saturated carbocycles. The Morgan fingerprint density at radius 3 is 2.77 bits per heavy atom. The summed E-state index contributed by atoms with van der Waals surface area (Å²) < 4.78 is 6.13. The Bertz CT molecular complexity index is 789. The van der Waals surface area contributed by atoms with Gasteiger partial charge in [0.25, 0.3) is 0 Å². The largest absolute Gasteiger partial charge is 0.373 e. The van der Waals surface area contributed by atoms with Gasteiger partial charge >= 0.3 is 0 Å². The molecule has 1 aromatic carbocycles. The summed E-state index contributed by atoms with van der Waals surface area (Å²) in [6, 6.07) is 15.2. The molecule has 1 N–H and O–H groups in total. The number of guanidine groups is 1. The van der Waals surface area contributed by atoms with Crippen LogP contribution in [0.15, 0.2) is 59.9 Å². The molecule has 0 aliphatic carbocycles. The van der Waals surface area contributed by atoms with E-state index in [0.717, 1.165) is 58.3 Å². The molecule has 0 bridgehead atoms. The van der Waals surface area contributed by atoms with Crippen LogP contribution in [0.4, 0.5) is 0 Å². The number of morpholine rings is 1. The first-order chi connectivity index (χ1) is 14.3. The monoisotopic (exact) mass is 521 g/mol. The van der Waals surface area contributed by atoms with E-state index >= 15 is 0 Å². The number of aliphatic imine (C=N–C) groups is 1. The van der Waals surface area contributed by atoms with Crippen molar-refractivity contribution >= 4 is 29.9 Å². The molecule has 3 heterocycles. The van der Waals surface area contributed by atoms with Crippen molar-refractivity contribution in [1.29, 1.82) is 0 Å². The van der Waals surface area contributed by atoms with Crippen LogP contribution in [-0.2, 0) is 17.7 Å². The lowest BCUT2D eigenvalue weighted by molar-refractivity contribution is -0.0502. The van der Waals surface area contributed by atoms with Crippen molar-refractivity contribution in [3.8, 4) is 0 Å². The lowest BCUT2D eigenvalue weighted by atomic mass is 10.1. The van der Waals surface area contributed by atoms with Crippen LogP contribution < -0.4 is 5.32 Å². The van der Waals surface area contributed by atoms with Crippen LogP contribution in [0.3, 0.4) is 0 Å². The van der Waals surface area contributed by atoms with Crippen molar-refractivity contribution in [1.82, 2.24) is 20.1 Å². The Morgan fingerprint density at radius 1 is 1.17 bits per heavy atom. The first-order valence-corrected chi connectivity index (χ1v) is 10.6. The first-order valence-electron chi connectivity index (χ1n) is 10.6. The molecule has 2 atom stereocenters. The number of hydrogen-bond acceptors (Lipinski definition) is 4. The molecule has 2 aromatic rings. The van der Waals surface area contributed by atoms with Gasteiger partial charge in [-0.25, -0.2) is 0 Å². The van der Waals surface area contributed by atoms with Crippen LogP contribution in [0, 0.1) is 0 Å². The summed E-state index contributed by atoms with van der Waals surface area (Å²) in [6.07, 6.45) is 4.88. The van der Waals surface area contributed by atoms with Crippen LogP contribution in [0.2, 0.25) is 0 Å². The SMILES string of the molecule is CCNC(=NCCc1cccnc1)N1CC2OCCN(Cc3ccccc3)C2C1.I. The molecule has 2 aliphatic heterocycles. The zero-order valence-corrected chi connectivity index (χ0v) is 19.9. The van der Waals surface area contributed by atoms with Crippen molar-refractivity contribution in [2.24, 2.45) is 4.99 Å². The zero-order valence-electron chi connectivity index (χ0n) is 17.6. The summed E-state index contributed by atoms with van der Waals surface area (Å²) in [5.74, 6) is 0.994. The number of ether oxygens (including phenoxy) is 1. The van der Waals surface area contributed by atoms with E-state index in [1.54, 1.807) is 0 Å². The van der Waals surface area contributed by atoms with Gasteiger partial charge < -0.3 is 15.0 Å². The van der Waals surface area contributed by atoms with Crippen molar-refractivity contribution in [3.63, 3.8) is 0 Å². The van der Waals surface area contributed by atoms with Gasteiger partial charge in [0.1, 0.15) is 0 Å². The Morgan fingerprint density at radius 2 is 2.00 bits per heavy atom. The summed E-state index contributed by atoms with van der Waals surface area (Å²) in [5, 5.41) is 3.47. The highest BCUT2D eigenvalue weighted by Gasteiger charge is 2.41. The fourth-order valence-corrected chi connectivity index (χ4v) is 4.21. The van der Waals surface area contributed by atoms with E-state index < -0.39 is 0 Å². The predicted molar refractivity (Wildman–Crippen MR) is 131 cm³/mol. The number of benzene rings is 1. The highest BCUT2D eigenvalue weighted by molar-refractivity contribution is 14.0. The topological polar surface area (TPSA) is 53.0 Å². The van der Waals surface area contributed by atoms with Gasteiger partial charge in [-0.15, -0.1) is 24.0 Å². The quantitative estimate of drug-likeness (QED) is 0.360. The number of hydrogen-bond donors (Lipinski definition) is 1. The van der Waals surface area contributed by atoms with E-state index in [4.69, 9.17) is 9.73 Å². The molecule has 2 aliphatic rings. The first kappa shape index (κ1) is 23.0. The number of fused-ring (bicyclic) bond motifs is 1. The van der Waals surface area contributed by atoms with Crippen LogP contribution in [-0.4, -0.2) is 72.2 Å². The number of likely N-dealkylation sites (tertiary alicyclic amines) is 1. The maximum Gasteiger partial charge on any atom is 0.194 e. The van der Waals surface area contributed by atoms with Gasteiger partial charge in [0.2, 0.25) is 0 Å². The summed E-state index contributed by atoms with van der Waals surface area (Å²) in [5.41, 5.74) is 2.59. The number of halogens is 1. The molecule has 30 heavy (non-hydrogen) atoms. The Balaban J connectivity index is 0.00000256. The smallest absolute Gasteiger partial charge is 0.194 e. The zero-order chi connectivity index (χ0) is 19.9. The predicted octanol–water partition coefficient (Wildman–Crippen LogP) is 2.79. The average molecular weight is 521 g/mol. The van der Waals surface area contributed by atoms with Crippen LogP contribution in [0.5, 0.6) is 0 Å². The minimum Gasteiger partial charge on any atom is -0.373 e. The maximum absolute atomic E-state index is 6.13. The Labute approximate surface area is 196 Å². The minimum atomic E-state index is 0. The second-order valence-corrected chi connectivity index (χ2v) is 7.68. The summed E-state index contributed by atoms with van der Waals surface area (Å²) in [4.78, 5) is 14.0.